The molecule has 0 bridgehead atoms. The van der Waals surface area contributed by atoms with Gasteiger partial charge in [0.15, 0.2) is 0 Å². The monoisotopic (exact) mass is 365 g/mol. The van der Waals surface area contributed by atoms with E-state index in [2.05, 4.69) is 22.2 Å². The number of hydrogen-bond acceptors (Lipinski definition) is 5. The van der Waals surface area contributed by atoms with Crippen molar-refractivity contribution < 1.29 is 14.4 Å². The summed E-state index contributed by atoms with van der Waals surface area (Å²) in [5.41, 5.74) is 2.92. The molecule has 0 radical (unpaired) electrons. The van der Waals surface area contributed by atoms with E-state index in [1.165, 1.54) is 5.69 Å². The highest BCUT2D eigenvalue weighted by Gasteiger charge is 2.33. The van der Waals surface area contributed by atoms with Crippen LogP contribution in [0.1, 0.15) is 12.0 Å². The van der Waals surface area contributed by atoms with E-state index in [0.29, 0.717) is 19.5 Å². The number of benzene rings is 2. The minimum Gasteiger partial charge on any atom is -0.497 e. The third-order valence-electron chi connectivity index (χ3n) is 5.06. The molecule has 2 heterocycles. The fourth-order valence-corrected chi connectivity index (χ4v) is 3.51. The smallest absolute Gasteiger partial charge is 0.267 e. The van der Waals surface area contributed by atoms with Crippen molar-refractivity contribution in [3.63, 3.8) is 0 Å². The van der Waals surface area contributed by atoms with E-state index in [0.717, 1.165) is 30.1 Å². The van der Waals surface area contributed by atoms with Gasteiger partial charge in [0.25, 0.3) is 5.91 Å². The predicted octanol–water partition coefficient (Wildman–Crippen LogP) is 2.54. The maximum absolute atomic E-state index is 12.8. The molecule has 4 rings (SSSR count). The van der Waals surface area contributed by atoms with Crippen molar-refractivity contribution in [1.29, 1.82) is 0 Å². The molecule has 2 aliphatic rings. The highest BCUT2D eigenvalue weighted by atomic mass is 16.6. The first kappa shape index (κ1) is 17.4. The largest absolute Gasteiger partial charge is 0.497 e. The molecule has 140 valence electrons. The summed E-state index contributed by atoms with van der Waals surface area (Å²) in [4.78, 5) is 22.5. The maximum atomic E-state index is 12.8. The van der Waals surface area contributed by atoms with E-state index in [1.807, 2.05) is 47.4 Å². The van der Waals surface area contributed by atoms with Crippen molar-refractivity contribution in [2.45, 2.75) is 12.5 Å². The number of piperazine rings is 1. The Kier molecular flexibility index (Phi) is 4.96. The summed E-state index contributed by atoms with van der Waals surface area (Å²) in [6.07, 6.45) is -0.0419. The number of para-hydroxylation sites is 1. The SMILES string of the molecule is COc1cccc(C2=NOC(C(=O)N3CCN(c4ccccc4)CC3)C2)c1. The Bertz CT molecular complexity index is 830. The normalized spacial score (nSPS) is 19.4. The van der Waals surface area contributed by atoms with Crippen molar-refractivity contribution in [2.75, 3.05) is 38.2 Å². The summed E-state index contributed by atoms with van der Waals surface area (Å²) in [7, 11) is 1.63. The summed E-state index contributed by atoms with van der Waals surface area (Å²) in [6.45, 7) is 3.04. The third-order valence-corrected chi connectivity index (χ3v) is 5.06. The number of anilines is 1. The van der Waals surface area contributed by atoms with Crippen molar-refractivity contribution in [3.8, 4) is 5.75 Å². The quantitative estimate of drug-likeness (QED) is 0.836. The van der Waals surface area contributed by atoms with Crippen LogP contribution in [0.3, 0.4) is 0 Å². The molecule has 6 heteroatoms. The molecule has 0 saturated carbocycles. The molecule has 0 N–H and O–H groups in total. The third kappa shape index (κ3) is 3.74. The van der Waals surface area contributed by atoms with Gasteiger partial charge < -0.3 is 19.4 Å². The minimum absolute atomic E-state index is 0.0179. The van der Waals surface area contributed by atoms with Crippen LogP contribution in [0.5, 0.6) is 5.75 Å². The molecule has 2 aromatic carbocycles. The summed E-state index contributed by atoms with van der Waals surface area (Å²) in [6, 6.07) is 18.0. The molecule has 0 spiro atoms. The summed E-state index contributed by atoms with van der Waals surface area (Å²) in [5.74, 6) is 0.784. The molecule has 1 fully saturated rings. The van der Waals surface area contributed by atoms with Gasteiger partial charge in [0.05, 0.1) is 12.8 Å². The zero-order valence-corrected chi connectivity index (χ0v) is 15.4. The average Bonchev–Trinajstić information content (AvgIpc) is 3.24. The number of carbonyl (C=O) groups is 1. The predicted molar refractivity (Wildman–Crippen MR) is 104 cm³/mol. The van der Waals surface area contributed by atoms with Gasteiger partial charge in [0.1, 0.15) is 5.75 Å². The van der Waals surface area contributed by atoms with E-state index in [4.69, 9.17) is 9.57 Å². The van der Waals surface area contributed by atoms with Crippen LogP contribution in [0.2, 0.25) is 0 Å². The first-order valence-electron chi connectivity index (χ1n) is 9.20. The molecule has 6 nitrogen and oxygen atoms in total. The number of carbonyl (C=O) groups excluding carboxylic acids is 1. The fourth-order valence-electron chi connectivity index (χ4n) is 3.51. The Morgan fingerprint density at radius 1 is 1.07 bits per heavy atom. The summed E-state index contributed by atoms with van der Waals surface area (Å²) < 4.78 is 5.25. The molecule has 0 aromatic heterocycles. The summed E-state index contributed by atoms with van der Waals surface area (Å²) in [5, 5.41) is 4.14. The second kappa shape index (κ2) is 7.70. The Morgan fingerprint density at radius 2 is 1.85 bits per heavy atom. The Morgan fingerprint density at radius 3 is 2.59 bits per heavy atom. The van der Waals surface area contributed by atoms with Crippen LogP contribution >= 0.6 is 0 Å². The molecule has 1 atom stereocenters. The lowest BCUT2D eigenvalue weighted by Crippen LogP contribution is -2.51. The lowest BCUT2D eigenvalue weighted by Gasteiger charge is -2.36. The Labute approximate surface area is 159 Å². The number of hydrogen-bond donors (Lipinski definition) is 0. The summed E-state index contributed by atoms with van der Waals surface area (Å²) >= 11 is 0. The van der Waals surface area contributed by atoms with Crippen molar-refractivity contribution >= 4 is 17.3 Å². The molecular formula is C21H23N3O3. The van der Waals surface area contributed by atoms with Gasteiger partial charge in [-0.25, -0.2) is 0 Å². The lowest BCUT2D eigenvalue weighted by atomic mass is 10.0. The van der Waals surface area contributed by atoms with E-state index >= 15 is 0 Å². The van der Waals surface area contributed by atoms with Gasteiger partial charge in [-0.15, -0.1) is 0 Å². The highest BCUT2D eigenvalue weighted by Crippen LogP contribution is 2.22. The molecular weight excluding hydrogens is 342 g/mol. The van der Waals surface area contributed by atoms with Gasteiger partial charge in [0.2, 0.25) is 6.10 Å². The number of amides is 1. The lowest BCUT2D eigenvalue weighted by molar-refractivity contribution is -0.142. The van der Waals surface area contributed by atoms with Crippen LogP contribution in [0.15, 0.2) is 59.8 Å². The van der Waals surface area contributed by atoms with Crippen LogP contribution in [-0.2, 0) is 9.63 Å². The van der Waals surface area contributed by atoms with E-state index in [1.54, 1.807) is 7.11 Å². The van der Waals surface area contributed by atoms with Crippen LogP contribution in [-0.4, -0.2) is 55.9 Å². The fraction of sp³-hybridized carbons (Fsp3) is 0.333. The van der Waals surface area contributed by atoms with Crippen LogP contribution in [0.25, 0.3) is 0 Å². The first-order chi connectivity index (χ1) is 13.2. The number of methoxy groups -OCH3 is 1. The van der Waals surface area contributed by atoms with Crippen LogP contribution in [0.4, 0.5) is 5.69 Å². The zero-order valence-electron chi connectivity index (χ0n) is 15.4. The van der Waals surface area contributed by atoms with Gasteiger partial charge in [-0.05, 0) is 24.3 Å². The highest BCUT2D eigenvalue weighted by molar-refractivity contribution is 6.04. The van der Waals surface area contributed by atoms with Crippen molar-refractivity contribution in [1.82, 2.24) is 4.90 Å². The molecule has 1 amide bonds. The topological polar surface area (TPSA) is 54.4 Å². The molecule has 0 aliphatic carbocycles. The van der Waals surface area contributed by atoms with E-state index in [9.17, 15) is 4.79 Å². The molecule has 27 heavy (non-hydrogen) atoms. The van der Waals surface area contributed by atoms with Gasteiger partial charge in [0, 0.05) is 43.9 Å². The van der Waals surface area contributed by atoms with Crippen LogP contribution < -0.4 is 9.64 Å². The standard InChI is InChI=1S/C21H23N3O3/c1-26-18-9-5-6-16(14-18)19-15-20(27-22-19)21(25)24-12-10-23(11-13-24)17-7-3-2-4-8-17/h2-9,14,20H,10-13,15H2,1H3. The molecule has 2 aromatic rings. The number of ether oxygens (including phenoxy) is 1. The van der Waals surface area contributed by atoms with E-state index in [-0.39, 0.29) is 5.91 Å². The van der Waals surface area contributed by atoms with Gasteiger partial charge in [-0.3, -0.25) is 4.79 Å². The second-order valence-corrected chi connectivity index (χ2v) is 6.72. The van der Waals surface area contributed by atoms with Crippen molar-refractivity contribution in [2.24, 2.45) is 5.16 Å². The van der Waals surface area contributed by atoms with E-state index < -0.39 is 6.10 Å². The van der Waals surface area contributed by atoms with Crippen LogP contribution in [0, 0.1) is 0 Å². The zero-order chi connectivity index (χ0) is 18.6. The maximum Gasteiger partial charge on any atom is 0.267 e. The minimum atomic E-state index is -0.533. The van der Waals surface area contributed by atoms with Gasteiger partial charge in [-0.2, -0.15) is 0 Å². The number of nitrogens with zero attached hydrogens (tertiary/aromatic N) is 3. The molecule has 1 unspecified atom stereocenters. The number of oxime groups is 1. The van der Waals surface area contributed by atoms with Crippen molar-refractivity contribution in [3.05, 3.63) is 60.2 Å². The molecule has 2 aliphatic heterocycles. The van der Waals surface area contributed by atoms with Gasteiger partial charge in [-0.1, -0.05) is 35.5 Å². The van der Waals surface area contributed by atoms with Gasteiger partial charge >= 0.3 is 0 Å². The Balaban J connectivity index is 1.34. The average molecular weight is 365 g/mol. The first-order valence-corrected chi connectivity index (χ1v) is 9.20. The Hall–Kier alpha value is -3.02. The molecule has 1 saturated heterocycles. The second-order valence-electron chi connectivity index (χ2n) is 6.72. The number of rotatable bonds is 4.